The fraction of sp³-hybridized carbons (Fsp3) is 0.111. The molecule has 8 heteroatoms. The van der Waals surface area contributed by atoms with Crippen LogP contribution in [0.2, 0.25) is 0 Å². The van der Waals surface area contributed by atoms with E-state index < -0.39 is 27.9 Å². The van der Waals surface area contributed by atoms with E-state index in [2.05, 4.69) is 4.98 Å². The van der Waals surface area contributed by atoms with Gasteiger partial charge in [-0.3, -0.25) is 14.9 Å². The van der Waals surface area contributed by atoms with Gasteiger partial charge in [-0.25, -0.2) is 9.37 Å². The van der Waals surface area contributed by atoms with Gasteiger partial charge in [0.25, 0.3) is 5.69 Å². The Kier molecular flexibility index (Phi) is 3.70. The van der Waals surface area contributed by atoms with Crippen LogP contribution < -0.4 is 10.5 Å². The lowest BCUT2D eigenvalue weighted by Gasteiger charge is -2.02. The molecule has 0 aliphatic heterocycles. The van der Waals surface area contributed by atoms with Gasteiger partial charge in [-0.05, 0) is 0 Å². The van der Waals surface area contributed by atoms with E-state index in [0.717, 1.165) is 6.07 Å². The van der Waals surface area contributed by atoms with Crippen molar-refractivity contribution >= 4 is 11.5 Å². The molecule has 17 heavy (non-hydrogen) atoms. The van der Waals surface area contributed by atoms with Crippen molar-refractivity contribution in [1.29, 1.82) is 0 Å². The van der Waals surface area contributed by atoms with Gasteiger partial charge in [0.1, 0.15) is 0 Å². The molecular weight excluding hydrogens is 233 g/mol. The highest BCUT2D eigenvalue weighted by molar-refractivity contribution is 6.08. The minimum absolute atomic E-state index is 0.0382. The van der Waals surface area contributed by atoms with E-state index in [1.165, 1.54) is 13.2 Å². The summed E-state index contributed by atoms with van der Waals surface area (Å²) in [4.78, 5) is 24.7. The van der Waals surface area contributed by atoms with E-state index in [4.69, 9.17) is 10.5 Å². The molecule has 0 spiro atoms. The largest absolute Gasteiger partial charge is 0.481 e. The molecule has 1 heterocycles. The number of Topliss-reactive ketones (excluding diaryl/α,β-unsaturated/α-hetero) is 1. The molecule has 0 saturated carbocycles. The summed E-state index contributed by atoms with van der Waals surface area (Å²) in [6.45, 7) is 0. The summed E-state index contributed by atoms with van der Waals surface area (Å²) in [6, 6.07) is 2.20. The Morgan fingerprint density at radius 2 is 2.29 bits per heavy atom. The normalized spacial score (nSPS) is 11.1. The minimum atomic E-state index is -1.33. The highest BCUT2D eigenvalue weighted by Gasteiger charge is 2.25. The van der Waals surface area contributed by atoms with Gasteiger partial charge in [0.15, 0.2) is 11.5 Å². The van der Waals surface area contributed by atoms with Crippen LogP contribution in [0.4, 0.5) is 10.1 Å². The lowest BCUT2D eigenvalue weighted by molar-refractivity contribution is -0.385. The summed E-state index contributed by atoms with van der Waals surface area (Å²) < 4.78 is 17.7. The van der Waals surface area contributed by atoms with E-state index in [9.17, 15) is 19.3 Å². The standard InChI is InChI=1S/C9H8FN3O4/c1-17-7-3-2-6(13(15)16)8(12-7)9(14)5(10)4-11/h2-4H,11H2,1H3/b5-4-. The summed E-state index contributed by atoms with van der Waals surface area (Å²) >= 11 is 0. The molecule has 0 amide bonds. The first-order valence-electron chi connectivity index (χ1n) is 4.32. The van der Waals surface area contributed by atoms with Crippen molar-refractivity contribution in [3.8, 4) is 5.88 Å². The Bertz CT molecular complexity index is 501. The third-order valence-electron chi connectivity index (χ3n) is 1.83. The molecule has 0 aromatic carbocycles. The molecule has 7 nitrogen and oxygen atoms in total. The van der Waals surface area contributed by atoms with Crippen LogP contribution in [0.15, 0.2) is 24.2 Å². The molecule has 0 saturated heterocycles. The van der Waals surface area contributed by atoms with Crippen molar-refractivity contribution in [1.82, 2.24) is 4.98 Å². The van der Waals surface area contributed by atoms with Crippen LogP contribution in [0.1, 0.15) is 10.5 Å². The van der Waals surface area contributed by atoms with Crippen LogP contribution in [0, 0.1) is 10.1 Å². The van der Waals surface area contributed by atoms with Crippen LogP contribution in [-0.2, 0) is 0 Å². The summed E-state index contributed by atoms with van der Waals surface area (Å²) in [7, 11) is 1.26. The van der Waals surface area contributed by atoms with Crippen molar-refractivity contribution in [2.45, 2.75) is 0 Å². The second-order valence-corrected chi connectivity index (χ2v) is 2.82. The molecule has 2 N–H and O–H groups in total. The Hall–Kier alpha value is -2.51. The maximum atomic E-state index is 13.0. The molecule has 90 valence electrons. The van der Waals surface area contributed by atoms with Gasteiger partial charge in [-0.1, -0.05) is 0 Å². The monoisotopic (exact) mass is 241 g/mol. The highest BCUT2D eigenvalue weighted by atomic mass is 19.1. The van der Waals surface area contributed by atoms with E-state index >= 15 is 0 Å². The Labute approximate surface area is 94.9 Å². The number of ether oxygens (including phenoxy) is 1. The van der Waals surface area contributed by atoms with Gasteiger partial charge in [0.05, 0.1) is 12.0 Å². The molecule has 0 unspecified atom stereocenters. The zero-order chi connectivity index (χ0) is 13.0. The van der Waals surface area contributed by atoms with E-state index in [0.29, 0.717) is 6.20 Å². The zero-order valence-electron chi connectivity index (χ0n) is 8.71. The number of halogens is 1. The first-order chi connectivity index (χ1) is 8.01. The van der Waals surface area contributed by atoms with Gasteiger partial charge in [-0.15, -0.1) is 0 Å². The van der Waals surface area contributed by atoms with Crippen molar-refractivity contribution in [3.05, 3.63) is 40.0 Å². The average molecular weight is 241 g/mol. The molecule has 0 radical (unpaired) electrons. The van der Waals surface area contributed by atoms with E-state index in [-0.39, 0.29) is 5.88 Å². The predicted molar refractivity (Wildman–Crippen MR) is 55.2 cm³/mol. The van der Waals surface area contributed by atoms with Crippen molar-refractivity contribution in [2.24, 2.45) is 5.73 Å². The van der Waals surface area contributed by atoms with Gasteiger partial charge < -0.3 is 10.5 Å². The number of allylic oxidation sites excluding steroid dienone is 1. The SMILES string of the molecule is COc1ccc([N+](=O)[O-])c(C(=O)/C(F)=C/N)n1. The van der Waals surface area contributed by atoms with Crippen molar-refractivity contribution in [2.75, 3.05) is 7.11 Å². The lowest BCUT2D eigenvalue weighted by atomic mass is 10.2. The number of hydrogen-bond acceptors (Lipinski definition) is 6. The third kappa shape index (κ3) is 2.54. The fourth-order valence-electron chi connectivity index (χ4n) is 1.05. The predicted octanol–water partition coefficient (Wildman–Crippen LogP) is 0.951. The second kappa shape index (κ2) is 5.01. The topological polar surface area (TPSA) is 108 Å². The lowest BCUT2D eigenvalue weighted by Crippen LogP contribution is -2.09. The first kappa shape index (κ1) is 12.6. The summed E-state index contributed by atoms with van der Waals surface area (Å²) in [6.07, 6.45) is 0.410. The number of rotatable bonds is 4. The number of aromatic nitrogens is 1. The zero-order valence-corrected chi connectivity index (χ0v) is 8.71. The minimum Gasteiger partial charge on any atom is -0.481 e. The number of hydrogen-bond donors (Lipinski definition) is 1. The summed E-state index contributed by atoms with van der Waals surface area (Å²) in [5.74, 6) is -2.63. The van der Waals surface area contributed by atoms with Crippen molar-refractivity contribution in [3.63, 3.8) is 0 Å². The Balaban J connectivity index is 3.37. The number of nitrogens with zero attached hydrogens (tertiary/aromatic N) is 2. The molecule has 0 aliphatic carbocycles. The van der Waals surface area contributed by atoms with Gasteiger partial charge in [0.2, 0.25) is 11.7 Å². The van der Waals surface area contributed by atoms with Crippen molar-refractivity contribution < 1.29 is 18.8 Å². The number of nitrogens with two attached hydrogens (primary N) is 1. The maximum Gasteiger partial charge on any atom is 0.299 e. The summed E-state index contributed by atoms with van der Waals surface area (Å²) in [5.41, 5.74) is 3.54. The molecule has 1 aromatic heterocycles. The molecule has 0 aliphatic rings. The molecule has 1 rings (SSSR count). The number of carbonyl (C=O) groups is 1. The van der Waals surface area contributed by atoms with Crippen LogP contribution >= 0.6 is 0 Å². The average Bonchev–Trinajstić information content (AvgIpc) is 2.35. The molecule has 0 atom stereocenters. The summed E-state index contributed by atoms with van der Waals surface area (Å²) in [5, 5.41) is 10.6. The number of nitro groups is 1. The quantitative estimate of drug-likeness (QED) is 0.364. The number of ketones is 1. The molecule has 0 fully saturated rings. The van der Waals surface area contributed by atoms with E-state index in [1.807, 2.05) is 0 Å². The maximum absolute atomic E-state index is 13.0. The number of carbonyl (C=O) groups excluding carboxylic acids is 1. The molecule has 1 aromatic rings. The van der Waals surface area contributed by atoms with Crippen LogP contribution in [-0.4, -0.2) is 22.8 Å². The van der Waals surface area contributed by atoms with Gasteiger partial charge in [0, 0.05) is 18.3 Å². The smallest absolute Gasteiger partial charge is 0.299 e. The Morgan fingerprint density at radius 1 is 1.65 bits per heavy atom. The molecular formula is C9H8FN3O4. The fourth-order valence-corrected chi connectivity index (χ4v) is 1.05. The van der Waals surface area contributed by atoms with Gasteiger partial charge >= 0.3 is 0 Å². The van der Waals surface area contributed by atoms with Crippen LogP contribution in [0.3, 0.4) is 0 Å². The second-order valence-electron chi connectivity index (χ2n) is 2.82. The molecule has 0 bridgehead atoms. The highest BCUT2D eigenvalue weighted by Crippen LogP contribution is 2.22. The number of methoxy groups -OCH3 is 1. The first-order valence-corrected chi connectivity index (χ1v) is 4.32. The van der Waals surface area contributed by atoms with Crippen LogP contribution in [0.25, 0.3) is 0 Å². The van der Waals surface area contributed by atoms with Crippen LogP contribution in [0.5, 0.6) is 5.88 Å². The Morgan fingerprint density at radius 3 is 2.76 bits per heavy atom. The number of pyridine rings is 1. The van der Waals surface area contributed by atoms with E-state index in [1.54, 1.807) is 0 Å². The third-order valence-corrected chi connectivity index (χ3v) is 1.83. The van der Waals surface area contributed by atoms with Gasteiger partial charge in [-0.2, -0.15) is 0 Å².